The Morgan fingerprint density at radius 2 is 2.08 bits per heavy atom. The van der Waals surface area contributed by atoms with Crippen LogP contribution < -0.4 is 10.6 Å². The molecule has 3 aliphatic heterocycles. The Hall–Kier alpha value is -0.930. The van der Waals surface area contributed by atoms with E-state index >= 15 is 0 Å². The van der Waals surface area contributed by atoms with Gasteiger partial charge in [0.2, 0.25) is 0 Å². The van der Waals surface area contributed by atoms with E-state index in [4.69, 9.17) is 4.99 Å². The highest BCUT2D eigenvalue weighted by Gasteiger charge is 2.31. The molecule has 2 N–H and O–H groups in total. The van der Waals surface area contributed by atoms with Crippen molar-refractivity contribution >= 4 is 29.9 Å². The van der Waals surface area contributed by atoms with Gasteiger partial charge in [-0.3, -0.25) is 19.8 Å². The number of hydrogen-bond donors (Lipinski definition) is 2. The first-order valence-corrected chi connectivity index (χ1v) is 8.73. The maximum absolute atomic E-state index is 4.79. The Labute approximate surface area is 162 Å². The first-order valence-electron chi connectivity index (χ1n) is 8.73. The van der Waals surface area contributed by atoms with Crippen molar-refractivity contribution in [3.05, 3.63) is 30.1 Å². The summed E-state index contributed by atoms with van der Waals surface area (Å²) in [7, 11) is 0. The van der Waals surface area contributed by atoms with Gasteiger partial charge in [-0.25, -0.2) is 0 Å². The lowest BCUT2D eigenvalue weighted by molar-refractivity contribution is 0.0174. The third-order valence-electron chi connectivity index (χ3n) is 4.60. The highest BCUT2D eigenvalue weighted by molar-refractivity contribution is 14.0. The van der Waals surface area contributed by atoms with E-state index < -0.39 is 0 Å². The molecule has 0 aliphatic carbocycles. The van der Waals surface area contributed by atoms with Crippen LogP contribution in [0.3, 0.4) is 0 Å². The predicted molar refractivity (Wildman–Crippen MR) is 109 cm³/mol. The summed E-state index contributed by atoms with van der Waals surface area (Å²) in [5.41, 5.74) is 1.11. The van der Waals surface area contributed by atoms with E-state index in [9.17, 15) is 0 Å². The molecule has 0 saturated carbocycles. The highest BCUT2D eigenvalue weighted by Crippen LogP contribution is 2.15. The van der Waals surface area contributed by atoms with Crippen molar-refractivity contribution in [2.45, 2.75) is 19.4 Å². The molecule has 3 fully saturated rings. The summed E-state index contributed by atoms with van der Waals surface area (Å²) in [5.74, 6) is 0.918. The van der Waals surface area contributed by atoms with Crippen LogP contribution in [0.25, 0.3) is 0 Å². The molecule has 0 radical (unpaired) electrons. The van der Waals surface area contributed by atoms with Crippen molar-refractivity contribution in [1.82, 2.24) is 25.4 Å². The minimum absolute atomic E-state index is 0. The van der Waals surface area contributed by atoms with Gasteiger partial charge in [-0.15, -0.1) is 24.0 Å². The monoisotopic (exact) mass is 444 g/mol. The molecule has 0 spiro atoms. The van der Waals surface area contributed by atoms with Gasteiger partial charge in [-0.2, -0.15) is 0 Å². The zero-order valence-corrected chi connectivity index (χ0v) is 16.8. The minimum Gasteiger partial charge on any atom is -0.357 e. The summed E-state index contributed by atoms with van der Waals surface area (Å²) in [6.45, 7) is 10.7. The molecule has 1 unspecified atom stereocenters. The fraction of sp³-hybridized carbons (Fsp3) is 0.647. The molecule has 3 aliphatic rings. The van der Waals surface area contributed by atoms with Crippen molar-refractivity contribution in [3.63, 3.8) is 0 Å². The number of fused-ring (bicyclic) bond motifs is 3. The second kappa shape index (κ2) is 10.1. The van der Waals surface area contributed by atoms with Gasteiger partial charge in [0.05, 0.1) is 6.54 Å². The molecule has 6 nitrogen and oxygen atoms in total. The highest BCUT2D eigenvalue weighted by atomic mass is 127. The Morgan fingerprint density at radius 1 is 1.25 bits per heavy atom. The van der Waals surface area contributed by atoms with Crippen LogP contribution in [0.4, 0.5) is 0 Å². The largest absolute Gasteiger partial charge is 0.357 e. The van der Waals surface area contributed by atoms with Crippen molar-refractivity contribution in [1.29, 1.82) is 0 Å². The fourth-order valence-electron chi connectivity index (χ4n) is 3.29. The van der Waals surface area contributed by atoms with Gasteiger partial charge in [-0.1, -0.05) is 6.07 Å². The number of aromatic nitrogens is 1. The quantitative estimate of drug-likeness (QED) is 0.386. The van der Waals surface area contributed by atoms with Crippen LogP contribution in [-0.2, 0) is 6.42 Å². The Bertz CT molecular complexity index is 501. The number of rotatable bonds is 6. The van der Waals surface area contributed by atoms with Gasteiger partial charge >= 0.3 is 0 Å². The van der Waals surface area contributed by atoms with Crippen molar-refractivity contribution in [2.24, 2.45) is 4.99 Å². The lowest BCUT2D eigenvalue weighted by atomic mass is 10.1. The Morgan fingerprint density at radius 3 is 2.71 bits per heavy atom. The van der Waals surface area contributed by atoms with Gasteiger partial charge in [0, 0.05) is 70.2 Å². The fourth-order valence-corrected chi connectivity index (χ4v) is 3.29. The molecule has 7 heteroatoms. The molecule has 0 amide bonds. The Balaban J connectivity index is 0.00000208. The molecule has 1 aromatic rings. The standard InChI is InChI=1S/C17H28N6.HI/c1-2-18-17(20-8-6-15-5-3-4-7-19-15)21-13-16-14-22-9-11-23(16)12-10-22;/h3-5,7,16H,2,6,8-14H2,1H3,(H2,18,20,21);1H. The molecule has 4 heterocycles. The minimum atomic E-state index is 0. The van der Waals surface area contributed by atoms with E-state index in [0.717, 1.165) is 44.3 Å². The number of nitrogens with one attached hydrogen (secondary N) is 2. The number of aliphatic imine (C=N–C) groups is 1. The van der Waals surface area contributed by atoms with Gasteiger partial charge in [-0.05, 0) is 19.1 Å². The molecule has 2 bridgehead atoms. The molecular weight excluding hydrogens is 415 g/mol. The smallest absolute Gasteiger partial charge is 0.191 e. The molecule has 4 rings (SSSR count). The second-order valence-electron chi connectivity index (χ2n) is 6.21. The van der Waals surface area contributed by atoms with Crippen molar-refractivity contribution in [3.8, 4) is 0 Å². The molecule has 1 aromatic heterocycles. The van der Waals surface area contributed by atoms with Crippen molar-refractivity contribution in [2.75, 3.05) is 52.4 Å². The molecule has 0 aromatic carbocycles. The third-order valence-corrected chi connectivity index (χ3v) is 4.60. The van der Waals surface area contributed by atoms with E-state index in [1.807, 2.05) is 18.3 Å². The van der Waals surface area contributed by atoms with Crippen LogP contribution in [0, 0.1) is 0 Å². The van der Waals surface area contributed by atoms with Gasteiger partial charge in [0.15, 0.2) is 5.96 Å². The molecule has 24 heavy (non-hydrogen) atoms. The average molecular weight is 444 g/mol. The Kier molecular flexibility index (Phi) is 8.20. The van der Waals surface area contributed by atoms with Gasteiger partial charge in [0.25, 0.3) is 0 Å². The zero-order chi connectivity index (χ0) is 15.9. The number of hydrogen-bond acceptors (Lipinski definition) is 4. The van der Waals surface area contributed by atoms with E-state index in [0.29, 0.717) is 6.04 Å². The van der Waals surface area contributed by atoms with E-state index in [2.05, 4.69) is 38.4 Å². The van der Waals surface area contributed by atoms with Crippen LogP contribution in [0.5, 0.6) is 0 Å². The van der Waals surface area contributed by atoms with Crippen LogP contribution in [0.15, 0.2) is 29.4 Å². The third kappa shape index (κ3) is 5.56. The zero-order valence-electron chi connectivity index (χ0n) is 14.4. The number of halogens is 1. The SMILES string of the molecule is CCNC(=NCC1CN2CCN1CC2)NCCc1ccccn1.I. The number of piperazine rings is 3. The summed E-state index contributed by atoms with van der Waals surface area (Å²) in [5, 5.41) is 6.76. The summed E-state index contributed by atoms with van der Waals surface area (Å²) < 4.78 is 0. The normalized spacial score (nSPS) is 25.9. The van der Waals surface area contributed by atoms with E-state index in [1.54, 1.807) is 0 Å². The first kappa shape index (κ1) is 19.4. The molecule has 3 saturated heterocycles. The maximum atomic E-state index is 4.79. The second-order valence-corrected chi connectivity index (χ2v) is 6.21. The van der Waals surface area contributed by atoms with E-state index in [1.165, 1.54) is 26.2 Å². The summed E-state index contributed by atoms with van der Waals surface area (Å²) >= 11 is 0. The number of nitrogens with zero attached hydrogens (tertiary/aromatic N) is 4. The van der Waals surface area contributed by atoms with Gasteiger partial charge < -0.3 is 10.6 Å². The predicted octanol–water partition coefficient (Wildman–Crippen LogP) is 0.797. The lowest BCUT2D eigenvalue weighted by Gasteiger charge is -2.47. The average Bonchev–Trinajstić information content (AvgIpc) is 2.61. The lowest BCUT2D eigenvalue weighted by Crippen LogP contribution is -2.62. The van der Waals surface area contributed by atoms with Crippen molar-refractivity contribution < 1.29 is 0 Å². The molecule has 1 atom stereocenters. The maximum Gasteiger partial charge on any atom is 0.191 e. The van der Waals surface area contributed by atoms with E-state index in [-0.39, 0.29) is 24.0 Å². The molecule has 134 valence electrons. The van der Waals surface area contributed by atoms with Gasteiger partial charge in [0.1, 0.15) is 0 Å². The topological polar surface area (TPSA) is 55.8 Å². The first-order chi connectivity index (χ1) is 11.3. The number of guanidine groups is 1. The number of pyridine rings is 1. The summed E-state index contributed by atoms with van der Waals surface area (Å²) in [6.07, 6.45) is 2.76. The van der Waals surface area contributed by atoms with Crippen LogP contribution in [0.1, 0.15) is 12.6 Å². The van der Waals surface area contributed by atoms with Crippen LogP contribution in [0.2, 0.25) is 0 Å². The summed E-state index contributed by atoms with van der Waals surface area (Å²) in [4.78, 5) is 14.3. The molecular formula is C17H29IN6. The summed E-state index contributed by atoms with van der Waals surface area (Å²) in [6, 6.07) is 6.62. The van der Waals surface area contributed by atoms with Crippen LogP contribution in [-0.4, -0.2) is 79.1 Å². The van der Waals surface area contributed by atoms with Crippen LogP contribution >= 0.6 is 24.0 Å².